The molecule has 11 rings (SSSR count). The van der Waals surface area contributed by atoms with Crippen LogP contribution in [-0.2, 0) is 0 Å². The van der Waals surface area contributed by atoms with E-state index in [2.05, 4.69) is 48.5 Å². The highest BCUT2D eigenvalue weighted by Gasteiger charge is 2.22. The molecule has 8 aromatic carbocycles. The van der Waals surface area contributed by atoms with Crippen LogP contribution in [0.3, 0.4) is 0 Å². The number of hydrogen-bond acceptors (Lipinski definition) is 4. The Bertz CT molecular complexity index is 3640. The lowest BCUT2D eigenvalue weighted by Gasteiger charge is -2.16. The van der Waals surface area contributed by atoms with Crippen LogP contribution in [0.1, 0.15) is 11.0 Å². The number of fused-ring (bicyclic) bond motifs is 6. The van der Waals surface area contributed by atoms with Crippen LogP contribution in [0.4, 0.5) is 0 Å². The lowest BCUT2D eigenvalue weighted by Crippen LogP contribution is -2.04. The number of benzene rings is 8. The molecule has 0 saturated carbocycles. The van der Waals surface area contributed by atoms with Crippen molar-refractivity contribution in [2.45, 2.75) is 0 Å². The average Bonchev–Trinajstić information content (AvgIpc) is 3.91. The highest BCUT2D eigenvalue weighted by atomic mass is 32.1. The predicted molar refractivity (Wildman–Crippen MR) is 234 cm³/mol. The molecule has 0 aliphatic heterocycles. The molecule has 5 heteroatoms. The molecule has 11 aromatic rings. The van der Waals surface area contributed by atoms with Crippen molar-refractivity contribution >= 4 is 53.3 Å². The van der Waals surface area contributed by atoms with Crippen molar-refractivity contribution in [3.63, 3.8) is 0 Å². The van der Waals surface area contributed by atoms with Crippen LogP contribution in [-0.4, -0.2) is 19.5 Å². The van der Waals surface area contributed by atoms with Crippen molar-refractivity contribution in [3.05, 3.63) is 194 Å². The van der Waals surface area contributed by atoms with Crippen LogP contribution in [0, 0.1) is 0 Å². The molecule has 0 unspecified atom stereocenters. The maximum Gasteiger partial charge on any atom is 0.166 e. The first-order chi connectivity index (χ1) is 31.1. The summed E-state index contributed by atoms with van der Waals surface area (Å²) in [4.78, 5) is 15.8. The van der Waals surface area contributed by atoms with Crippen LogP contribution in [0.2, 0.25) is 0 Å². The van der Waals surface area contributed by atoms with Crippen LogP contribution < -0.4 is 0 Å². The van der Waals surface area contributed by atoms with E-state index < -0.39 is 48.3 Å². The van der Waals surface area contributed by atoms with Crippen LogP contribution in [0.5, 0.6) is 0 Å². The molecule has 0 radical (unpaired) electrons. The van der Waals surface area contributed by atoms with E-state index in [0.717, 1.165) is 53.6 Å². The zero-order valence-corrected chi connectivity index (χ0v) is 30.4. The molecule has 0 amide bonds. The third-order valence-electron chi connectivity index (χ3n) is 10.2. The minimum Gasteiger partial charge on any atom is -0.309 e. The van der Waals surface area contributed by atoms with Gasteiger partial charge in [-0.15, -0.1) is 11.3 Å². The van der Waals surface area contributed by atoms with E-state index in [1.807, 2.05) is 84.9 Å². The first-order valence-corrected chi connectivity index (χ1v) is 18.9. The molecular weight excluding hydrogens is 701 g/mol. The summed E-state index contributed by atoms with van der Waals surface area (Å²) in [6.07, 6.45) is 0. The quantitative estimate of drug-likeness (QED) is 0.170. The molecule has 0 spiro atoms. The van der Waals surface area contributed by atoms with Gasteiger partial charge in [0.25, 0.3) is 0 Å². The first kappa shape index (κ1) is 25.0. The number of hydrogen-bond donors (Lipinski definition) is 0. The average molecular weight is 741 g/mol. The van der Waals surface area contributed by atoms with Crippen molar-refractivity contribution in [1.82, 2.24) is 19.5 Å². The van der Waals surface area contributed by atoms with E-state index in [9.17, 15) is 2.74 Å². The molecule has 3 aromatic heterocycles. The summed E-state index contributed by atoms with van der Waals surface area (Å²) in [5.74, 6) is 1.03. The fourth-order valence-electron chi connectivity index (χ4n) is 7.59. The molecular formula is C51H32N4S. The minimum absolute atomic E-state index is 0.00641. The number of aromatic nitrogens is 4. The Morgan fingerprint density at radius 1 is 0.411 bits per heavy atom. The Hall–Kier alpha value is -7.21. The highest BCUT2D eigenvalue weighted by molar-refractivity contribution is 7.26. The summed E-state index contributed by atoms with van der Waals surface area (Å²) in [5.41, 5.74) is 6.17. The SMILES string of the molecule is [2H]c1c([2H])c([2H])c2c(c1[2H])c1c([2H])c([2H])c([2H])c([2H])c1n2-c1ccccc1-c1nc(-c2cc(-c3ccccc3)ccc2-c2ccccc2)nc(-c2cccc3c2sc2ccccc23)n1. The minimum atomic E-state index is -0.508. The Labute approximate surface area is 338 Å². The zero-order valence-electron chi connectivity index (χ0n) is 37.6. The molecule has 0 aliphatic rings. The fourth-order valence-corrected chi connectivity index (χ4v) is 8.80. The molecule has 4 nitrogen and oxygen atoms in total. The van der Waals surface area contributed by atoms with Crippen molar-refractivity contribution in [1.29, 1.82) is 0 Å². The number of nitrogens with zero attached hydrogens (tertiary/aromatic N) is 4. The van der Waals surface area contributed by atoms with Gasteiger partial charge in [0.2, 0.25) is 0 Å². The van der Waals surface area contributed by atoms with E-state index in [1.165, 1.54) is 4.57 Å². The Morgan fingerprint density at radius 3 is 1.73 bits per heavy atom. The van der Waals surface area contributed by atoms with Gasteiger partial charge in [-0.05, 0) is 64.7 Å². The van der Waals surface area contributed by atoms with Crippen molar-refractivity contribution < 1.29 is 11.0 Å². The van der Waals surface area contributed by atoms with Gasteiger partial charge in [-0.3, -0.25) is 0 Å². The van der Waals surface area contributed by atoms with Crippen molar-refractivity contribution in [2.75, 3.05) is 0 Å². The monoisotopic (exact) mass is 740 g/mol. The fraction of sp³-hybridized carbons (Fsp3) is 0. The normalized spacial score (nSPS) is 13.6. The Morgan fingerprint density at radius 2 is 0.982 bits per heavy atom. The second kappa shape index (κ2) is 13.3. The van der Waals surface area contributed by atoms with Gasteiger partial charge in [0.05, 0.1) is 27.7 Å². The van der Waals surface area contributed by atoms with Gasteiger partial charge < -0.3 is 4.57 Å². The number of rotatable bonds is 6. The molecule has 3 heterocycles. The third kappa shape index (κ3) is 5.32. The summed E-state index contributed by atoms with van der Waals surface area (Å²) < 4.78 is 74.7. The highest BCUT2D eigenvalue weighted by Crippen LogP contribution is 2.42. The molecule has 56 heavy (non-hydrogen) atoms. The Kier molecular flexibility index (Phi) is 5.92. The molecule has 0 N–H and O–H groups in total. The van der Waals surface area contributed by atoms with Gasteiger partial charge in [0, 0.05) is 47.6 Å². The second-order valence-corrected chi connectivity index (χ2v) is 14.4. The topological polar surface area (TPSA) is 43.6 Å². The lowest BCUT2D eigenvalue weighted by atomic mass is 9.94. The van der Waals surface area contributed by atoms with Crippen LogP contribution in [0.15, 0.2) is 194 Å². The zero-order chi connectivity index (χ0) is 44.0. The van der Waals surface area contributed by atoms with E-state index in [4.69, 9.17) is 23.2 Å². The lowest BCUT2D eigenvalue weighted by molar-refractivity contribution is 1.07. The second-order valence-electron chi connectivity index (χ2n) is 13.4. The van der Waals surface area contributed by atoms with Crippen molar-refractivity contribution in [2.24, 2.45) is 0 Å². The molecule has 0 bridgehead atoms. The predicted octanol–water partition coefficient (Wildman–Crippen LogP) is 13.7. The van der Waals surface area contributed by atoms with Gasteiger partial charge >= 0.3 is 0 Å². The molecule has 0 aliphatic carbocycles. The third-order valence-corrected chi connectivity index (χ3v) is 11.4. The first-order valence-electron chi connectivity index (χ1n) is 22.1. The Balaban J connectivity index is 1.26. The largest absolute Gasteiger partial charge is 0.309 e. The molecule has 0 fully saturated rings. The van der Waals surface area contributed by atoms with Crippen LogP contribution >= 0.6 is 11.3 Å². The molecule has 0 saturated heterocycles. The van der Waals surface area contributed by atoms with Gasteiger partial charge in [0.1, 0.15) is 0 Å². The van der Waals surface area contributed by atoms with Crippen molar-refractivity contribution in [3.8, 4) is 62.1 Å². The van der Waals surface area contributed by atoms with E-state index >= 15 is 0 Å². The van der Waals surface area contributed by atoms with Gasteiger partial charge in [-0.25, -0.2) is 15.0 Å². The summed E-state index contributed by atoms with van der Waals surface area (Å²) in [6, 6.07) is 44.3. The summed E-state index contributed by atoms with van der Waals surface area (Å²) in [5, 5.41) is 2.15. The van der Waals surface area contributed by atoms with Gasteiger partial charge in [-0.2, -0.15) is 0 Å². The summed E-state index contributed by atoms with van der Waals surface area (Å²) >= 11 is 1.65. The summed E-state index contributed by atoms with van der Waals surface area (Å²) in [6.45, 7) is 0. The summed E-state index contributed by atoms with van der Waals surface area (Å²) in [7, 11) is 0. The van der Waals surface area contributed by atoms with E-state index in [-0.39, 0.29) is 27.6 Å². The van der Waals surface area contributed by atoms with E-state index in [0.29, 0.717) is 22.9 Å². The standard InChI is InChI=1S/C51H32N4S/c1-3-16-33(17-4-1)35-30-31-36(34-18-5-2-6-19-34)43(32-35)51-53-49(52-50(54-51)42-25-15-24-40-39-22-10-14-29-47(39)56-48(40)42)41-23-9-13-28-46(41)55-44-26-11-7-20-37(44)38-21-8-12-27-45(38)55/h1-32H/i7D,8D,11D,12D,20D,21D,26D,27D. The van der Waals surface area contributed by atoms with E-state index in [1.54, 1.807) is 23.5 Å². The number of para-hydroxylation sites is 3. The molecule has 262 valence electrons. The van der Waals surface area contributed by atoms with Crippen LogP contribution in [0.25, 0.3) is 104 Å². The molecule has 0 atom stereocenters. The maximum atomic E-state index is 9.22. The number of thiophene rings is 1. The van der Waals surface area contributed by atoms with Gasteiger partial charge in [0.15, 0.2) is 17.5 Å². The maximum absolute atomic E-state index is 9.22. The smallest absolute Gasteiger partial charge is 0.166 e. The van der Waals surface area contributed by atoms with Gasteiger partial charge in [-0.1, -0.05) is 152 Å².